The van der Waals surface area contributed by atoms with Gasteiger partial charge in [0, 0.05) is 30.0 Å². The maximum atomic E-state index is 12.3. The van der Waals surface area contributed by atoms with Crippen LogP contribution in [-0.2, 0) is 16.1 Å². The molecule has 7 nitrogen and oxygen atoms in total. The number of carbonyl (C=O) groups excluding carboxylic acids is 2. The van der Waals surface area contributed by atoms with Crippen LogP contribution in [0, 0.1) is 25.7 Å². The molecular weight excluding hydrogens is 484 g/mol. The van der Waals surface area contributed by atoms with Gasteiger partial charge in [-0.3, -0.25) is 9.69 Å². The summed E-state index contributed by atoms with van der Waals surface area (Å²) in [7, 11) is 3.69. The third-order valence-corrected chi connectivity index (χ3v) is 6.76. The molecular formula is C29H40N4O3S. The number of likely N-dealkylation sites (N-methyl/N-ethyl adjacent to an activating group) is 2. The lowest BCUT2D eigenvalue weighted by molar-refractivity contribution is -0.127. The van der Waals surface area contributed by atoms with E-state index in [0.717, 1.165) is 39.5 Å². The average molecular weight is 525 g/mol. The first-order valence-corrected chi connectivity index (χ1v) is 13.3. The van der Waals surface area contributed by atoms with E-state index in [-0.39, 0.29) is 23.8 Å². The molecule has 1 heterocycles. The molecule has 2 aromatic carbocycles. The van der Waals surface area contributed by atoms with Crippen molar-refractivity contribution >= 4 is 30.0 Å². The van der Waals surface area contributed by atoms with Crippen LogP contribution in [0.1, 0.15) is 44.6 Å². The lowest BCUT2D eigenvalue weighted by Crippen LogP contribution is -2.46. The number of aryl methyl sites for hydroxylation is 1. The molecule has 0 saturated heterocycles. The van der Waals surface area contributed by atoms with Crippen LogP contribution in [0.25, 0.3) is 11.1 Å². The van der Waals surface area contributed by atoms with E-state index >= 15 is 0 Å². The van der Waals surface area contributed by atoms with Gasteiger partial charge in [0.05, 0.1) is 6.04 Å². The topological polar surface area (TPSA) is 87.5 Å². The highest BCUT2D eigenvalue weighted by molar-refractivity contribution is 8.00. The first kappa shape index (κ1) is 30.1. The van der Waals surface area contributed by atoms with E-state index in [1.165, 1.54) is 17.5 Å². The van der Waals surface area contributed by atoms with Crippen LogP contribution in [0.3, 0.4) is 0 Å². The molecule has 0 radical (unpaired) electrons. The van der Waals surface area contributed by atoms with Crippen molar-refractivity contribution < 1.29 is 14.1 Å². The van der Waals surface area contributed by atoms with E-state index in [2.05, 4.69) is 70.3 Å². The van der Waals surface area contributed by atoms with E-state index < -0.39 is 0 Å². The zero-order valence-corrected chi connectivity index (χ0v) is 24.0. The second kappa shape index (κ2) is 14.6. The number of hydrogen-bond acceptors (Lipinski definition) is 7. The average Bonchev–Trinajstić information content (AvgIpc) is 3.20. The molecule has 0 aliphatic rings. The molecule has 0 aliphatic heterocycles. The Labute approximate surface area is 225 Å². The van der Waals surface area contributed by atoms with Crippen LogP contribution in [0.15, 0.2) is 57.9 Å². The monoisotopic (exact) mass is 524 g/mol. The number of nitrogens with one attached hydrogen (secondary N) is 2. The quantitative estimate of drug-likeness (QED) is 0.244. The second-order valence-electron chi connectivity index (χ2n) is 9.71. The molecule has 200 valence electrons. The minimum absolute atomic E-state index is 0.0510. The van der Waals surface area contributed by atoms with Crippen LogP contribution < -0.4 is 10.0 Å². The molecule has 1 aromatic heterocycles. The molecule has 0 aliphatic carbocycles. The number of benzene rings is 2. The normalized spacial score (nSPS) is 11.8. The number of hydrogen-bond donors (Lipinski definition) is 2. The number of aromatic nitrogens is 1. The van der Waals surface area contributed by atoms with Gasteiger partial charge in [-0.05, 0) is 61.5 Å². The molecule has 0 spiro atoms. The summed E-state index contributed by atoms with van der Waals surface area (Å²) in [4.78, 5) is 25.0. The number of rotatable bonds is 10. The van der Waals surface area contributed by atoms with Gasteiger partial charge in [-0.15, -0.1) is 0 Å². The zero-order chi connectivity index (χ0) is 27.5. The fourth-order valence-electron chi connectivity index (χ4n) is 3.75. The summed E-state index contributed by atoms with van der Waals surface area (Å²) < 4.78 is 8.55. The Morgan fingerprint density at radius 2 is 1.70 bits per heavy atom. The predicted molar refractivity (Wildman–Crippen MR) is 152 cm³/mol. The highest BCUT2D eigenvalue weighted by Gasteiger charge is 2.25. The number of anilines is 1. The van der Waals surface area contributed by atoms with Crippen LogP contribution in [-0.4, -0.2) is 42.4 Å². The smallest absolute Gasteiger partial charge is 0.237 e. The zero-order valence-electron chi connectivity index (χ0n) is 23.2. The van der Waals surface area contributed by atoms with Gasteiger partial charge in [-0.25, -0.2) is 0 Å². The lowest BCUT2D eigenvalue weighted by atomic mass is 10.0. The summed E-state index contributed by atoms with van der Waals surface area (Å²) in [6, 6.07) is 16.7. The molecule has 0 fully saturated rings. The minimum atomic E-state index is -0.161. The number of carbonyl (C=O) groups is 2. The van der Waals surface area contributed by atoms with Crippen molar-refractivity contribution in [2.24, 2.45) is 11.8 Å². The number of aldehydes is 1. The van der Waals surface area contributed by atoms with Gasteiger partial charge in [0.2, 0.25) is 5.91 Å². The second-order valence-corrected chi connectivity index (χ2v) is 10.6. The Balaban J connectivity index is 0.000000877. The van der Waals surface area contributed by atoms with E-state index in [4.69, 9.17) is 4.52 Å². The predicted octanol–water partition coefficient (Wildman–Crippen LogP) is 6.12. The van der Waals surface area contributed by atoms with Crippen LogP contribution in [0.4, 0.5) is 5.82 Å². The van der Waals surface area contributed by atoms with E-state index in [1.54, 1.807) is 7.05 Å². The minimum Gasteiger partial charge on any atom is -0.359 e. The van der Waals surface area contributed by atoms with Crippen LogP contribution in [0.5, 0.6) is 0 Å². The first-order valence-electron chi connectivity index (χ1n) is 12.5. The van der Waals surface area contributed by atoms with Crippen LogP contribution in [0.2, 0.25) is 0 Å². The fourth-order valence-corrected chi connectivity index (χ4v) is 4.59. The summed E-state index contributed by atoms with van der Waals surface area (Å²) in [6.07, 6.45) is 0.917. The van der Waals surface area contributed by atoms with E-state index in [1.807, 2.05) is 46.9 Å². The first-order chi connectivity index (χ1) is 17.6. The van der Waals surface area contributed by atoms with Gasteiger partial charge in [-0.1, -0.05) is 75.3 Å². The summed E-state index contributed by atoms with van der Waals surface area (Å²) in [5.41, 5.74) is 4.47. The third kappa shape index (κ3) is 8.76. The van der Waals surface area contributed by atoms with Gasteiger partial charge in [0.15, 0.2) is 5.82 Å². The van der Waals surface area contributed by atoms with Crippen LogP contribution >= 0.6 is 11.9 Å². The van der Waals surface area contributed by atoms with Crippen molar-refractivity contribution in [3.63, 3.8) is 0 Å². The summed E-state index contributed by atoms with van der Waals surface area (Å²) >= 11 is 1.52. The van der Waals surface area contributed by atoms with Crippen molar-refractivity contribution in [1.82, 2.24) is 15.4 Å². The molecule has 8 heteroatoms. The molecule has 0 bridgehead atoms. The van der Waals surface area contributed by atoms with E-state index in [9.17, 15) is 9.59 Å². The fraction of sp³-hybridized carbons (Fsp3) is 0.414. The molecule has 37 heavy (non-hydrogen) atoms. The molecule has 2 N–H and O–H groups in total. The van der Waals surface area contributed by atoms with Gasteiger partial charge in [0.25, 0.3) is 0 Å². The molecule has 1 unspecified atom stereocenters. The van der Waals surface area contributed by atoms with Gasteiger partial charge in [0.1, 0.15) is 12.0 Å². The lowest BCUT2D eigenvalue weighted by Gasteiger charge is -2.29. The molecule has 0 saturated carbocycles. The van der Waals surface area contributed by atoms with E-state index in [0.29, 0.717) is 6.54 Å². The molecule has 1 amide bonds. The number of nitrogens with zero attached hydrogens (tertiary/aromatic N) is 2. The Hall–Kier alpha value is -3.10. The van der Waals surface area contributed by atoms with Crippen molar-refractivity contribution in [2.75, 3.05) is 18.8 Å². The van der Waals surface area contributed by atoms with Crippen molar-refractivity contribution in [2.45, 2.75) is 59.0 Å². The summed E-state index contributed by atoms with van der Waals surface area (Å²) in [6.45, 7) is 12.5. The maximum Gasteiger partial charge on any atom is 0.237 e. The third-order valence-electron chi connectivity index (χ3n) is 5.89. The summed E-state index contributed by atoms with van der Waals surface area (Å²) in [5, 5.41) is 6.86. The molecule has 3 aromatic rings. The Kier molecular flexibility index (Phi) is 11.9. The van der Waals surface area contributed by atoms with Gasteiger partial charge >= 0.3 is 0 Å². The molecule has 1 atom stereocenters. The van der Waals surface area contributed by atoms with Crippen molar-refractivity contribution in [3.8, 4) is 11.1 Å². The highest BCUT2D eigenvalue weighted by atomic mass is 32.2. The standard InChI is InChI=1S/C25H32N4O2S.C4H8O/c1-16(2)23(25(30)26-5)29(6)15-19-11-13-20(14-12-19)21-9-7-8-10-22(21)32-28-24-17(3)18(4)31-27-24;1-4(2)3-5/h7-14,16,23H,15H2,1-6H3,(H,26,30)(H,27,28);3-4H,1-2H3. The van der Waals surface area contributed by atoms with Gasteiger partial charge in [-0.2, -0.15) is 0 Å². The SMILES string of the molecule is CC(C)C=O.CNC(=O)C(C(C)C)N(C)Cc1ccc(-c2ccccc2SNc2noc(C)c2C)cc1. The highest BCUT2D eigenvalue weighted by Crippen LogP contribution is 2.33. The largest absolute Gasteiger partial charge is 0.359 e. The Bertz CT molecular complexity index is 1140. The molecule has 3 rings (SSSR count). The maximum absolute atomic E-state index is 12.3. The van der Waals surface area contributed by atoms with Crippen molar-refractivity contribution in [3.05, 3.63) is 65.4 Å². The Morgan fingerprint density at radius 3 is 2.22 bits per heavy atom. The summed E-state index contributed by atoms with van der Waals surface area (Å²) in [5.74, 6) is 2.05. The van der Waals surface area contributed by atoms with Gasteiger partial charge < -0.3 is 19.4 Å². The number of amides is 1. The Morgan fingerprint density at radius 1 is 1.08 bits per heavy atom. The van der Waals surface area contributed by atoms with Crippen molar-refractivity contribution in [1.29, 1.82) is 0 Å².